The van der Waals surface area contributed by atoms with Crippen LogP contribution in [-0.4, -0.2) is 48.7 Å². The quantitative estimate of drug-likeness (QED) is 0.409. The van der Waals surface area contributed by atoms with E-state index in [9.17, 15) is 9.59 Å². The first-order valence-corrected chi connectivity index (χ1v) is 4.55. The molecule has 0 spiro atoms. The maximum Gasteiger partial charge on any atom is 0.239 e. The Labute approximate surface area is 82.1 Å². The number of hydrogen-bond acceptors (Lipinski definition) is 4. The number of aliphatic hydroxyl groups excluding tert-OH is 1. The number of carbonyl (C=O) groups excluding carboxylic acids is 2. The molecule has 1 unspecified atom stereocenters. The van der Waals surface area contributed by atoms with Crippen molar-refractivity contribution in [3.05, 3.63) is 0 Å². The molecule has 1 fully saturated rings. The van der Waals surface area contributed by atoms with Crippen LogP contribution in [0.2, 0.25) is 0 Å². The lowest BCUT2D eigenvalue weighted by atomic mass is 10.2. The van der Waals surface area contributed by atoms with Crippen molar-refractivity contribution in [2.75, 3.05) is 19.6 Å². The summed E-state index contributed by atoms with van der Waals surface area (Å²) in [5, 5.41) is 16.9. The van der Waals surface area contributed by atoms with Gasteiger partial charge in [-0.1, -0.05) is 0 Å². The van der Waals surface area contributed by atoms with E-state index in [0.717, 1.165) is 0 Å². The Bertz CT molecular complexity index is 220. The van der Waals surface area contributed by atoms with Gasteiger partial charge < -0.3 is 15.7 Å². The number of rotatable bonds is 3. The molecule has 1 aliphatic heterocycles. The maximum absolute atomic E-state index is 11.4. The molecule has 6 nitrogen and oxygen atoms in total. The van der Waals surface area contributed by atoms with Crippen molar-refractivity contribution in [1.29, 1.82) is 0 Å². The van der Waals surface area contributed by atoms with E-state index in [1.54, 1.807) is 6.92 Å². The van der Waals surface area contributed by atoms with Gasteiger partial charge in [0.2, 0.25) is 11.8 Å². The van der Waals surface area contributed by atoms with Gasteiger partial charge in [0.05, 0.1) is 12.6 Å². The van der Waals surface area contributed by atoms with Crippen LogP contribution in [0, 0.1) is 0 Å². The molecule has 0 aliphatic carbocycles. The van der Waals surface area contributed by atoms with Gasteiger partial charge in [0, 0.05) is 13.1 Å². The summed E-state index contributed by atoms with van der Waals surface area (Å²) in [6.45, 7) is 2.28. The molecule has 0 aromatic heterocycles. The van der Waals surface area contributed by atoms with Crippen LogP contribution in [0.15, 0.2) is 0 Å². The van der Waals surface area contributed by atoms with Gasteiger partial charge >= 0.3 is 0 Å². The van der Waals surface area contributed by atoms with Crippen molar-refractivity contribution in [2.24, 2.45) is 0 Å². The summed E-state index contributed by atoms with van der Waals surface area (Å²) in [7, 11) is 0. The maximum atomic E-state index is 11.4. The van der Waals surface area contributed by atoms with E-state index in [4.69, 9.17) is 5.11 Å². The van der Waals surface area contributed by atoms with E-state index in [2.05, 4.69) is 16.0 Å². The summed E-state index contributed by atoms with van der Waals surface area (Å²) in [5.74, 6) is -0.310. The summed E-state index contributed by atoms with van der Waals surface area (Å²) >= 11 is 0. The van der Waals surface area contributed by atoms with Crippen LogP contribution in [0.4, 0.5) is 0 Å². The molecule has 14 heavy (non-hydrogen) atoms. The molecule has 0 bridgehead atoms. The summed E-state index contributed by atoms with van der Waals surface area (Å²) in [4.78, 5) is 22.1. The first kappa shape index (κ1) is 10.9. The van der Waals surface area contributed by atoms with Crippen molar-refractivity contribution in [1.82, 2.24) is 16.0 Å². The first-order valence-electron chi connectivity index (χ1n) is 4.55. The largest absolute Gasteiger partial charge is 0.392 e. The summed E-state index contributed by atoms with van der Waals surface area (Å²) in [6, 6.07) is -0.397. The number of amides is 2. The van der Waals surface area contributed by atoms with Gasteiger partial charge in [-0.25, -0.2) is 0 Å². The first-order chi connectivity index (χ1) is 6.59. The van der Waals surface area contributed by atoms with E-state index in [-0.39, 0.29) is 24.9 Å². The lowest BCUT2D eigenvalue weighted by molar-refractivity contribution is -0.126. The molecule has 4 N–H and O–H groups in total. The fourth-order valence-corrected chi connectivity index (χ4v) is 1.12. The number of carbonyl (C=O) groups is 2. The van der Waals surface area contributed by atoms with Crippen LogP contribution in [-0.2, 0) is 9.59 Å². The van der Waals surface area contributed by atoms with Crippen LogP contribution in [0.1, 0.15) is 6.92 Å². The lowest BCUT2D eigenvalue weighted by Crippen LogP contribution is -2.58. The number of hydrogen-bond donors (Lipinski definition) is 4. The standard InChI is InChI=1S/C8H15N3O3/c1-5(12)2-11-8(14)6-3-10-7(13)4-9-6/h5-6,9,12H,2-4H2,1H3,(H,10,13)(H,11,14)/t5-,6?/m1/s1. The van der Waals surface area contributed by atoms with E-state index < -0.39 is 12.1 Å². The summed E-state index contributed by atoms with van der Waals surface area (Å²) < 4.78 is 0. The average Bonchev–Trinajstić information content (AvgIpc) is 2.15. The van der Waals surface area contributed by atoms with Crippen molar-refractivity contribution >= 4 is 11.8 Å². The molecule has 1 aliphatic rings. The molecule has 80 valence electrons. The van der Waals surface area contributed by atoms with Gasteiger partial charge in [0.1, 0.15) is 6.04 Å². The molecular formula is C8H15N3O3. The number of piperazine rings is 1. The van der Waals surface area contributed by atoms with Gasteiger partial charge in [-0.05, 0) is 6.92 Å². The highest BCUT2D eigenvalue weighted by Crippen LogP contribution is 1.88. The highest BCUT2D eigenvalue weighted by Gasteiger charge is 2.23. The van der Waals surface area contributed by atoms with Gasteiger partial charge in [-0.3, -0.25) is 14.9 Å². The number of nitrogens with one attached hydrogen (secondary N) is 3. The normalized spacial score (nSPS) is 23.9. The van der Waals surface area contributed by atoms with Crippen molar-refractivity contribution in [3.8, 4) is 0 Å². The minimum Gasteiger partial charge on any atom is -0.392 e. The van der Waals surface area contributed by atoms with Crippen LogP contribution in [0.3, 0.4) is 0 Å². The second-order valence-electron chi connectivity index (χ2n) is 3.33. The van der Waals surface area contributed by atoms with Gasteiger partial charge in [0.25, 0.3) is 0 Å². The van der Waals surface area contributed by atoms with Gasteiger partial charge in [-0.15, -0.1) is 0 Å². The molecule has 2 amide bonds. The Kier molecular flexibility index (Phi) is 3.84. The molecule has 0 radical (unpaired) electrons. The van der Waals surface area contributed by atoms with Crippen LogP contribution >= 0.6 is 0 Å². The Morgan fingerprint density at radius 2 is 2.50 bits per heavy atom. The highest BCUT2D eigenvalue weighted by atomic mass is 16.3. The third-order valence-electron chi connectivity index (χ3n) is 1.90. The molecule has 1 heterocycles. The second-order valence-corrected chi connectivity index (χ2v) is 3.33. The Hall–Kier alpha value is -1.14. The monoisotopic (exact) mass is 201 g/mol. The Morgan fingerprint density at radius 1 is 1.79 bits per heavy atom. The SMILES string of the molecule is C[C@@H](O)CNC(=O)C1CNC(=O)CN1. The van der Waals surface area contributed by atoms with Crippen LogP contribution in [0.25, 0.3) is 0 Å². The predicted octanol–water partition coefficient (Wildman–Crippen LogP) is -2.43. The van der Waals surface area contributed by atoms with Gasteiger partial charge in [0.15, 0.2) is 0 Å². The number of aliphatic hydroxyl groups is 1. The third kappa shape index (κ3) is 3.31. The van der Waals surface area contributed by atoms with Crippen LogP contribution in [0.5, 0.6) is 0 Å². The topological polar surface area (TPSA) is 90.5 Å². The van der Waals surface area contributed by atoms with Gasteiger partial charge in [-0.2, -0.15) is 0 Å². The summed E-state index contributed by atoms with van der Waals surface area (Å²) in [6.07, 6.45) is -0.558. The van der Waals surface area contributed by atoms with Crippen LogP contribution < -0.4 is 16.0 Å². The molecule has 1 saturated heterocycles. The Morgan fingerprint density at radius 3 is 3.00 bits per heavy atom. The van der Waals surface area contributed by atoms with Crippen molar-refractivity contribution in [2.45, 2.75) is 19.1 Å². The van der Waals surface area contributed by atoms with E-state index in [1.807, 2.05) is 0 Å². The van der Waals surface area contributed by atoms with Crippen molar-refractivity contribution < 1.29 is 14.7 Å². The fourth-order valence-electron chi connectivity index (χ4n) is 1.12. The Balaban J connectivity index is 2.27. The molecular weight excluding hydrogens is 186 g/mol. The molecule has 0 aromatic rings. The van der Waals surface area contributed by atoms with E-state index in [0.29, 0.717) is 6.54 Å². The minimum atomic E-state index is -0.558. The zero-order valence-corrected chi connectivity index (χ0v) is 8.04. The van der Waals surface area contributed by atoms with E-state index in [1.165, 1.54) is 0 Å². The summed E-state index contributed by atoms with van der Waals surface area (Å²) in [5.41, 5.74) is 0. The van der Waals surface area contributed by atoms with Crippen molar-refractivity contribution in [3.63, 3.8) is 0 Å². The molecule has 1 rings (SSSR count). The third-order valence-corrected chi connectivity index (χ3v) is 1.90. The molecule has 0 saturated carbocycles. The predicted molar refractivity (Wildman–Crippen MR) is 49.5 cm³/mol. The lowest BCUT2D eigenvalue weighted by Gasteiger charge is -2.23. The fraction of sp³-hybridized carbons (Fsp3) is 0.750. The zero-order valence-electron chi connectivity index (χ0n) is 8.04. The second kappa shape index (κ2) is 4.92. The highest BCUT2D eigenvalue weighted by molar-refractivity contribution is 5.86. The molecule has 6 heteroatoms. The molecule has 0 aromatic carbocycles. The average molecular weight is 201 g/mol. The molecule has 2 atom stereocenters. The smallest absolute Gasteiger partial charge is 0.239 e. The minimum absolute atomic E-state index is 0.107. The van der Waals surface area contributed by atoms with E-state index >= 15 is 0 Å². The zero-order chi connectivity index (χ0) is 10.6.